The van der Waals surface area contributed by atoms with Crippen LogP contribution in [0.1, 0.15) is 41.6 Å². The maximum Gasteiger partial charge on any atom is 0.405 e. The van der Waals surface area contributed by atoms with Crippen molar-refractivity contribution in [2.75, 3.05) is 19.6 Å². The number of aryl methyl sites for hydroxylation is 2. The van der Waals surface area contributed by atoms with Gasteiger partial charge in [-0.3, -0.25) is 9.59 Å². The molecule has 1 saturated heterocycles. The normalized spacial score (nSPS) is 18.5. The number of hydrogen-bond acceptors (Lipinski definition) is 4. The van der Waals surface area contributed by atoms with E-state index < -0.39 is 24.5 Å². The van der Waals surface area contributed by atoms with Crippen molar-refractivity contribution in [2.24, 2.45) is 5.92 Å². The summed E-state index contributed by atoms with van der Waals surface area (Å²) in [5, 5.41) is 5.67. The Morgan fingerprint density at radius 3 is 2.75 bits per heavy atom. The molecule has 0 aliphatic carbocycles. The first-order valence-electron chi connectivity index (χ1n) is 7.81. The highest BCUT2D eigenvalue weighted by atomic mass is 19.4. The number of halogens is 3. The molecule has 1 atom stereocenters. The van der Waals surface area contributed by atoms with Gasteiger partial charge in [0.25, 0.3) is 5.91 Å². The summed E-state index contributed by atoms with van der Waals surface area (Å²) < 4.78 is 41.7. The summed E-state index contributed by atoms with van der Waals surface area (Å²) in [6.45, 7) is 2.68. The highest BCUT2D eigenvalue weighted by Crippen LogP contribution is 2.23. The molecule has 1 N–H and O–H groups in total. The third-order valence-corrected chi connectivity index (χ3v) is 4.01. The van der Waals surface area contributed by atoms with Gasteiger partial charge >= 0.3 is 6.18 Å². The lowest BCUT2D eigenvalue weighted by atomic mass is 9.96. The summed E-state index contributed by atoms with van der Waals surface area (Å²) in [4.78, 5) is 26.1. The van der Waals surface area contributed by atoms with Crippen molar-refractivity contribution in [3.63, 3.8) is 0 Å². The number of nitrogens with zero attached hydrogens (tertiary/aromatic N) is 2. The maximum atomic E-state index is 12.7. The average Bonchev–Trinajstić information content (AvgIpc) is 2.92. The van der Waals surface area contributed by atoms with Crippen LogP contribution in [0.2, 0.25) is 0 Å². The standard InChI is InChI=1S/C15H20F3N3O3/c1-3-11-12(9(2)20-24-11)14(23)21-6-4-5-10(7-21)13(22)19-8-15(16,17)18/h10H,3-8H2,1-2H3,(H,19,22)/t10-/m0/s1. The number of hydrogen-bond donors (Lipinski definition) is 1. The molecule has 0 aromatic carbocycles. The number of rotatable bonds is 4. The van der Waals surface area contributed by atoms with Gasteiger partial charge in [-0.25, -0.2) is 0 Å². The molecular formula is C15H20F3N3O3. The second-order valence-electron chi connectivity index (χ2n) is 5.84. The van der Waals surface area contributed by atoms with Crippen LogP contribution in [0.5, 0.6) is 0 Å². The van der Waals surface area contributed by atoms with E-state index in [0.29, 0.717) is 42.8 Å². The van der Waals surface area contributed by atoms with Gasteiger partial charge in [0.05, 0.1) is 11.6 Å². The smallest absolute Gasteiger partial charge is 0.360 e. The summed E-state index contributed by atoms with van der Waals surface area (Å²) >= 11 is 0. The second kappa shape index (κ2) is 7.23. The summed E-state index contributed by atoms with van der Waals surface area (Å²) in [5.41, 5.74) is 0.856. The molecule has 2 heterocycles. The average molecular weight is 347 g/mol. The summed E-state index contributed by atoms with van der Waals surface area (Å²) in [5.74, 6) is -1.14. The monoisotopic (exact) mass is 347 g/mol. The fourth-order valence-electron chi connectivity index (χ4n) is 2.80. The highest BCUT2D eigenvalue weighted by Gasteiger charge is 2.34. The Morgan fingerprint density at radius 2 is 2.12 bits per heavy atom. The van der Waals surface area contributed by atoms with Gasteiger partial charge in [0.15, 0.2) is 0 Å². The van der Waals surface area contributed by atoms with E-state index in [2.05, 4.69) is 5.16 Å². The Labute approximate surface area is 137 Å². The van der Waals surface area contributed by atoms with Gasteiger partial charge in [-0.15, -0.1) is 0 Å². The van der Waals surface area contributed by atoms with Gasteiger partial charge in [-0.2, -0.15) is 13.2 Å². The molecule has 0 unspecified atom stereocenters. The van der Waals surface area contributed by atoms with E-state index in [0.717, 1.165) is 0 Å². The van der Waals surface area contributed by atoms with Gasteiger partial charge in [-0.05, 0) is 19.8 Å². The van der Waals surface area contributed by atoms with E-state index in [-0.39, 0.29) is 12.5 Å². The number of amides is 2. The minimum Gasteiger partial charge on any atom is -0.360 e. The van der Waals surface area contributed by atoms with Crippen LogP contribution in [0.4, 0.5) is 13.2 Å². The molecule has 0 radical (unpaired) electrons. The lowest BCUT2D eigenvalue weighted by molar-refractivity contribution is -0.141. The molecule has 2 rings (SSSR count). The number of aromatic nitrogens is 1. The predicted molar refractivity (Wildman–Crippen MR) is 78.3 cm³/mol. The number of likely N-dealkylation sites (tertiary alicyclic amines) is 1. The highest BCUT2D eigenvalue weighted by molar-refractivity contribution is 5.96. The Bertz CT molecular complexity index is 613. The molecule has 1 aliphatic heterocycles. The SMILES string of the molecule is CCc1onc(C)c1C(=O)N1CCC[C@H](C(=O)NCC(F)(F)F)C1. The number of nitrogens with one attached hydrogen (secondary N) is 1. The molecular weight excluding hydrogens is 327 g/mol. The third-order valence-electron chi connectivity index (χ3n) is 4.01. The largest absolute Gasteiger partial charge is 0.405 e. The predicted octanol–water partition coefficient (Wildman–Crippen LogP) is 2.08. The van der Waals surface area contributed by atoms with E-state index in [4.69, 9.17) is 4.52 Å². The number of alkyl halides is 3. The van der Waals surface area contributed by atoms with E-state index in [1.807, 2.05) is 12.2 Å². The lowest BCUT2D eigenvalue weighted by Gasteiger charge is -2.32. The Hall–Kier alpha value is -2.06. The van der Waals surface area contributed by atoms with E-state index in [1.165, 1.54) is 4.90 Å². The first-order chi connectivity index (χ1) is 11.2. The van der Waals surface area contributed by atoms with Crippen molar-refractivity contribution < 1.29 is 27.3 Å². The first kappa shape index (κ1) is 18.3. The molecule has 0 bridgehead atoms. The molecule has 0 spiro atoms. The summed E-state index contributed by atoms with van der Waals surface area (Å²) in [6, 6.07) is 0. The van der Waals surface area contributed by atoms with Crippen molar-refractivity contribution in [2.45, 2.75) is 39.3 Å². The Balaban J connectivity index is 2.03. The van der Waals surface area contributed by atoms with Crippen LogP contribution < -0.4 is 5.32 Å². The minimum atomic E-state index is -4.45. The Kier molecular flexibility index (Phi) is 5.51. The minimum absolute atomic E-state index is 0.0935. The van der Waals surface area contributed by atoms with Crippen molar-refractivity contribution in [3.05, 3.63) is 17.0 Å². The van der Waals surface area contributed by atoms with Crippen molar-refractivity contribution >= 4 is 11.8 Å². The van der Waals surface area contributed by atoms with Gasteiger partial charge in [-0.1, -0.05) is 12.1 Å². The molecule has 24 heavy (non-hydrogen) atoms. The number of carbonyl (C=O) groups excluding carboxylic acids is 2. The summed E-state index contributed by atoms with van der Waals surface area (Å²) in [7, 11) is 0. The molecule has 1 aromatic heterocycles. The van der Waals surface area contributed by atoms with E-state index in [1.54, 1.807) is 6.92 Å². The molecule has 2 amide bonds. The molecule has 9 heteroatoms. The van der Waals surface area contributed by atoms with Crippen LogP contribution in [0, 0.1) is 12.8 Å². The molecule has 134 valence electrons. The zero-order valence-electron chi connectivity index (χ0n) is 13.6. The fourth-order valence-corrected chi connectivity index (χ4v) is 2.80. The molecule has 6 nitrogen and oxygen atoms in total. The second-order valence-corrected chi connectivity index (χ2v) is 5.84. The summed E-state index contributed by atoms with van der Waals surface area (Å²) in [6.07, 6.45) is -2.93. The first-order valence-corrected chi connectivity index (χ1v) is 7.81. The number of carbonyl (C=O) groups is 2. The van der Waals surface area contributed by atoms with Gasteiger partial charge in [0.1, 0.15) is 17.9 Å². The van der Waals surface area contributed by atoms with Crippen LogP contribution in [0.25, 0.3) is 0 Å². The zero-order valence-corrected chi connectivity index (χ0v) is 13.6. The number of piperidine rings is 1. The van der Waals surface area contributed by atoms with Crippen LogP contribution in [0.3, 0.4) is 0 Å². The molecule has 1 aliphatic rings. The molecule has 0 saturated carbocycles. The third kappa shape index (κ3) is 4.27. The maximum absolute atomic E-state index is 12.7. The van der Waals surface area contributed by atoms with Crippen LogP contribution in [-0.2, 0) is 11.2 Å². The zero-order chi connectivity index (χ0) is 17.9. The molecule has 1 fully saturated rings. The van der Waals surface area contributed by atoms with Crippen molar-refractivity contribution in [3.8, 4) is 0 Å². The molecule has 1 aromatic rings. The van der Waals surface area contributed by atoms with Gasteiger partial charge < -0.3 is 14.7 Å². The van der Waals surface area contributed by atoms with Crippen molar-refractivity contribution in [1.82, 2.24) is 15.4 Å². The van der Waals surface area contributed by atoms with Crippen LogP contribution in [0.15, 0.2) is 4.52 Å². The fraction of sp³-hybridized carbons (Fsp3) is 0.667. The van der Waals surface area contributed by atoms with Crippen molar-refractivity contribution in [1.29, 1.82) is 0 Å². The van der Waals surface area contributed by atoms with E-state index in [9.17, 15) is 22.8 Å². The van der Waals surface area contributed by atoms with Gasteiger partial charge in [0, 0.05) is 19.5 Å². The Morgan fingerprint density at radius 1 is 1.42 bits per heavy atom. The van der Waals surface area contributed by atoms with Crippen LogP contribution >= 0.6 is 0 Å². The lowest BCUT2D eigenvalue weighted by Crippen LogP contribution is -2.47. The van der Waals surface area contributed by atoms with E-state index >= 15 is 0 Å². The topological polar surface area (TPSA) is 75.4 Å². The van der Waals surface area contributed by atoms with Gasteiger partial charge in [0.2, 0.25) is 5.91 Å². The van der Waals surface area contributed by atoms with Crippen LogP contribution in [-0.4, -0.2) is 47.7 Å². The quantitative estimate of drug-likeness (QED) is 0.905.